The lowest BCUT2D eigenvalue weighted by Crippen LogP contribution is -2.14. The second-order valence-corrected chi connectivity index (χ2v) is 11.0. The van der Waals surface area contributed by atoms with Gasteiger partial charge in [0.1, 0.15) is 11.6 Å². The van der Waals surface area contributed by atoms with Crippen molar-refractivity contribution in [2.75, 3.05) is 0 Å². The summed E-state index contributed by atoms with van der Waals surface area (Å²) in [6.07, 6.45) is 13.3. The predicted molar refractivity (Wildman–Crippen MR) is 148 cm³/mol. The van der Waals surface area contributed by atoms with E-state index < -0.39 is 5.82 Å². The third kappa shape index (κ3) is 7.65. The van der Waals surface area contributed by atoms with Gasteiger partial charge >= 0.3 is 0 Å². The van der Waals surface area contributed by atoms with Gasteiger partial charge in [-0.15, -0.1) is 0 Å². The lowest BCUT2D eigenvalue weighted by molar-refractivity contribution is 0.310. The highest BCUT2D eigenvalue weighted by Crippen LogP contribution is 2.37. The average molecular weight is 509 g/mol. The fraction of sp³-hybridized carbons (Fsp3) is 0.455. The standard InChI is InChI=1S/C33H39ClF2/c1-2-3-4-5-24-8-15-28(16-9-24)29-17-10-25(11-18-29)6-7-26-12-19-30(32(35)22-26)20-13-27-14-21-31(34)33(36)23-27/h8-9,12,14-16,19,21-23,25,29H,2-7,10-11,13,17-18,20H2,1H3/t25-,29-. The highest BCUT2D eigenvalue weighted by molar-refractivity contribution is 6.30. The van der Waals surface area contributed by atoms with Gasteiger partial charge in [0.25, 0.3) is 0 Å². The summed E-state index contributed by atoms with van der Waals surface area (Å²) in [5.41, 5.74) is 5.57. The fourth-order valence-corrected chi connectivity index (χ4v) is 5.73. The average Bonchev–Trinajstić information content (AvgIpc) is 2.90. The van der Waals surface area contributed by atoms with Gasteiger partial charge in [-0.05, 0) is 122 Å². The maximum absolute atomic E-state index is 14.7. The van der Waals surface area contributed by atoms with Gasteiger partial charge in [-0.3, -0.25) is 0 Å². The molecule has 0 N–H and O–H groups in total. The van der Waals surface area contributed by atoms with Crippen molar-refractivity contribution in [3.8, 4) is 0 Å². The van der Waals surface area contributed by atoms with Crippen LogP contribution in [0.15, 0.2) is 60.7 Å². The summed E-state index contributed by atoms with van der Waals surface area (Å²) in [7, 11) is 0. The predicted octanol–water partition coefficient (Wildman–Crippen LogP) is 10.0. The van der Waals surface area contributed by atoms with Gasteiger partial charge in [-0.25, -0.2) is 8.78 Å². The fourth-order valence-electron chi connectivity index (χ4n) is 5.61. The van der Waals surface area contributed by atoms with E-state index >= 15 is 0 Å². The Labute approximate surface area is 221 Å². The minimum absolute atomic E-state index is 0.120. The molecule has 0 aromatic heterocycles. The van der Waals surface area contributed by atoms with Crippen LogP contribution in [0.2, 0.25) is 5.02 Å². The minimum Gasteiger partial charge on any atom is -0.207 e. The summed E-state index contributed by atoms with van der Waals surface area (Å²) in [6, 6.07) is 19.9. The molecule has 0 heterocycles. The molecule has 1 saturated carbocycles. The van der Waals surface area contributed by atoms with Gasteiger partial charge < -0.3 is 0 Å². The molecule has 4 rings (SSSR count). The maximum atomic E-state index is 14.7. The van der Waals surface area contributed by atoms with E-state index in [1.54, 1.807) is 18.2 Å². The molecule has 1 aliphatic carbocycles. The van der Waals surface area contributed by atoms with Crippen molar-refractivity contribution in [1.29, 1.82) is 0 Å². The van der Waals surface area contributed by atoms with E-state index in [9.17, 15) is 8.78 Å². The molecule has 3 heteroatoms. The van der Waals surface area contributed by atoms with Crippen molar-refractivity contribution in [3.63, 3.8) is 0 Å². The van der Waals surface area contributed by atoms with E-state index in [2.05, 4.69) is 37.3 Å². The van der Waals surface area contributed by atoms with Crippen molar-refractivity contribution in [3.05, 3.63) is 105 Å². The molecule has 1 aliphatic rings. The van der Waals surface area contributed by atoms with E-state index in [1.807, 2.05) is 6.07 Å². The highest BCUT2D eigenvalue weighted by atomic mass is 35.5. The van der Waals surface area contributed by atoms with Crippen molar-refractivity contribution < 1.29 is 8.78 Å². The molecule has 0 atom stereocenters. The summed E-state index contributed by atoms with van der Waals surface area (Å²) < 4.78 is 28.4. The summed E-state index contributed by atoms with van der Waals surface area (Å²) >= 11 is 5.75. The number of aryl methyl sites for hydroxylation is 4. The first-order chi connectivity index (χ1) is 17.5. The molecule has 0 saturated heterocycles. The van der Waals surface area contributed by atoms with Crippen LogP contribution in [-0.4, -0.2) is 0 Å². The molecule has 1 fully saturated rings. The van der Waals surface area contributed by atoms with Crippen LogP contribution in [0.25, 0.3) is 0 Å². The molecule has 3 aromatic rings. The zero-order valence-corrected chi connectivity index (χ0v) is 22.3. The molecule has 0 nitrogen and oxygen atoms in total. The van der Waals surface area contributed by atoms with Gasteiger partial charge in [0.05, 0.1) is 5.02 Å². The van der Waals surface area contributed by atoms with Crippen molar-refractivity contribution in [1.82, 2.24) is 0 Å². The Morgan fingerprint density at radius 1 is 0.694 bits per heavy atom. The van der Waals surface area contributed by atoms with Crippen LogP contribution in [-0.2, 0) is 25.7 Å². The minimum atomic E-state index is -0.422. The Morgan fingerprint density at radius 3 is 2.06 bits per heavy atom. The van der Waals surface area contributed by atoms with Gasteiger partial charge in [0, 0.05) is 0 Å². The van der Waals surface area contributed by atoms with Crippen LogP contribution < -0.4 is 0 Å². The zero-order chi connectivity index (χ0) is 25.3. The Kier molecular flexibility index (Phi) is 9.98. The number of unbranched alkanes of at least 4 members (excludes halogenated alkanes) is 2. The number of hydrogen-bond donors (Lipinski definition) is 0. The Morgan fingerprint density at radius 2 is 1.36 bits per heavy atom. The Balaban J connectivity index is 1.20. The molecule has 0 amide bonds. The molecule has 192 valence electrons. The van der Waals surface area contributed by atoms with Crippen LogP contribution in [0.3, 0.4) is 0 Å². The van der Waals surface area contributed by atoms with Crippen molar-refractivity contribution in [2.45, 2.75) is 89.9 Å². The SMILES string of the molecule is CCCCCc1ccc([C@H]2CC[C@H](CCc3ccc(CCc4ccc(Cl)c(F)c4)c(F)c3)CC2)cc1. The van der Waals surface area contributed by atoms with E-state index in [-0.39, 0.29) is 10.8 Å². The second kappa shape index (κ2) is 13.4. The van der Waals surface area contributed by atoms with Crippen molar-refractivity contribution >= 4 is 11.6 Å². The maximum Gasteiger partial charge on any atom is 0.142 e. The number of hydrogen-bond acceptors (Lipinski definition) is 0. The van der Waals surface area contributed by atoms with Crippen LogP contribution in [0, 0.1) is 17.6 Å². The Bertz CT molecular complexity index is 1100. The van der Waals surface area contributed by atoms with E-state index in [0.29, 0.717) is 24.3 Å². The molecule has 3 aromatic carbocycles. The normalized spacial score (nSPS) is 17.9. The van der Waals surface area contributed by atoms with Gasteiger partial charge in [0.2, 0.25) is 0 Å². The van der Waals surface area contributed by atoms with Crippen LogP contribution >= 0.6 is 11.6 Å². The first-order valence-electron chi connectivity index (χ1n) is 13.8. The van der Waals surface area contributed by atoms with Crippen LogP contribution in [0.4, 0.5) is 8.78 Å². The van der Waals surface area contributed by atoms with E-state index in [1.165, 1.54) is 68.6 Å². The largest absolute Gasteiger partial charge is 0.207 e. The first kappa shape index (κ1) is 26.9. The molecular weight excluding hydrogens is 470 g/mol. The van der Waals surface area contributed by atoms with Gasteiger partial charge in [-0.2, -0.15) is 0 Å². The molecular formula is C33H39ClF2. The quantitative estimate of drug-likeness (QED) is 0.226. The lowest BCUT2D eigenvalue weighted by atomic mass is 9.76. The highest BCUT2D eigenvalue weighted by Gasteiger charge is 2.22. The zero-order valence-electron chi connectivity index (χ0n) is 21.5. The molecule has 36 heavy (non-hydrogen) atoms. The molecule has 0 aliphatic heterocycles. The van der Waals surface area contributed by atoms with E-state index in [4.69, 9.17) is 11.6 Å². The number of rotatable bonds is 11. The summed E-state index contributed by atoms with van der Waals surface area (Å²) in [6.45, 7) is 2.25. The topological polar surface area (TPSA) is 0 Å². The number of benzene rings is 3. The van der Waals surface area contributed by atoms with Crippen LogP contribution in [0.5, 0.6) is 0 Å². The third-order valence-corrected chi connectivity index (χ3v) is 8.30. The molecule has 0 spiro atoms. The summed E-state index contributed by atoms with van der Waals surface area (Å²) in [5.74, 6) is 0.854. The Hall–Kier alpha value is -2.19. The second-order valence-electron chi connectivity index (χ2n) is 10.6. The smallest absolute Gasteiger partial charge is 0.142 e. The first-order valence-corrected chi connectivity index (χ1v) is 14.2. The summed E-state index contributed by atoms with van der Waals surface area (Å²) in [4.78, 5) is 0. The molecule has 0 unspecified atom stereocenters. The van der Waals surface area contributed by atoms with Crippen molar-refractivity contribution in [2.24, 2.45) is 5.92 Å². The van der Waals surface area contributed by atoms with Gasteiger partial charge in [0.15, 0.2) is 0 Å². The molecule has 0 radical (unpaired) electrons. The van der Waals surface area contributed by atoms with Gasteiger partial charge in [-0.1, -0.05) is 73.8 Å². The monoisotopic (exact) mass is 508 g/mol. The third-order valence-electron chi connectivity index (χ3n) is 7.99. The number of halogens is 3. The lowest BCUT2D eigenvalue weighted by Gasteiger charge is -2.29. The van der Waals surface area contributed by atoms with Crippen LogP contribution in [0.1, 0.15) is 92.0 Å². The summed E-state index contributed by atoms with van der Waals surface area (Å²) in [5, 5.41) is 0.120. The molecule has 0 bridgehead atoms. The van der Waals surface area contributed by atoms with E-state index in [0.717, 1.165) is 29.9 Å².